The number of hydrogen-bond acceptors (Lipinski definition) is 8. The number of halogens is 2. The summed E-state index contributed by atoms with van der Waals surface area (Å²) in [5, 5.41) is 16.4. The molecular formula is C26H31F2N7O4. The molecule has 2 aromatic carbocycles. The summed E-state index contributed by atoms with van der Waals surface area (Å²) in [6.07, 6.45) is 3.71. The molecule has 1 aromatic heterocycles. The first-order chi connectivity index (χ1) is 18.8. The molecule has 1 aliphatic rings. The molecule has 0 spiro atoms. The Morgan fingerprint density at radius 1 is 1.28 bits per heavy atom. The normalized spacial score (nSPS) is 13.9. The van der Waals surface area contributed by atoms with E-state index in [4.69, 9.17) is 20.3 Å². The van der Waals surface area contributed by atoms with E-state index < -0.39 is 17.5 Å². The lowest BCUT2D eigenvalue weighted by molar-refractivity contribution is -0.118. The molecule has 0 aliphatic carbocycles. The highest BCUT2D eigenvalue weighted by Crippen LogP contribution is 2.38. The van der Waals surface area contributed by atoms with Crippen molar-refractivity contribution in [2.24, 2.45) is 10.7 Å². The Hall–Kier alpha value is -4.23. The van der Waals surface area contributed by atoms with Gasteiger partial charge in [0.15, 0.2) is 23.1 Å². The second-order valence-corrected chi connectivity index (χ2v) is 8.91. The van der Waals surface area contributed by atoms with Gasteiger partial charge in [-0.05, 0) is 31.7 Å². The Morgan fingerprint density at radius 3 is 2.85 bits per heavy atom. The van der Waals surface area contributed by atoms with Crippen LogP contribution in [0.1, 0.15) is 12.0 Å². The summed E-state index contributed by atoms with van der Waals surface area (Å²) in [5.74, 6) is -1.32. The molecule has 0 unspecified atom stereocenters. The number of likely N-dealkylation sites (N-methyl/N-ethyl adjacent to an activating group) is 1. The number of methoxy groups -OCH3 is 1. The fourth-order valence-electron chi connectivity index (χ4n) is 4.15. The number of fused-ring (bicyclic) bond motifs is 1. The molecule has 0 atom stereocenters. The number of hydrogen-bond donors (Lipinski definition) is 3. The predicted molar refractivity (Wildman–Crippen MR) is 143 cm³/mol. The third kappa shape index (κ3) is 6.62. The molecule has 0 saturated heterocycles. The number of aliphatic imine (C=N–C) groups is 1. The molecule has 0 bridgehead atoms. The molecule has 2 heterocycles. The van der Waals surface area contributed by atoms with E-state index in [9.17, 15) is 13.6 Å². The molecule has 0 radical (unpaired) electrons. The molecule has 0 fully saturated rings. The molecule has 4 N–H and O–H groups in total. The number of aliphatic hydroxyl groups excluding tert-OH is 1. The zero-order valence-electron chi connectivity index (χ0n) is 21.7. The van der Waals surface area contributed by atoms with Crippen molar-refractivity contribution in [3.05, 3.63) is 59.9 Å². The van der Waals surface area contributed by atoms with Gasteiger partial charge >= 0.3 is 0 Å². The van der Waals surface area contributed by atoms with Crippen LogP contribution in [-0.4, -0.2) is 78.7 Å². The van der Waals surface area contributed by atoms with Gasteiger partial charge in [-0.2, -0.15) is 5.10 Å². The van der Waals surface area contributed by atoms with Gasteiger partial charge in [0.2, 0.25) is 5.91 Å². The van der Waals surface area contributed by atoms with Crippen LogP contribution in [0.25, 0.3) is 0 Å². The van der Waals surface area contributed by atoms with Crippen molar-refractivity contribution in [3.63, 3.8) is 0 Å². The summed E-state index contributed by atoms with van der Waals surface area (Å²) in [6, 6.07) is 7.41. The highest BCUT2D eigenvalue weighted by atomic mass is 19.2. The number of ether oxygens (including phenoxy) is 2. The topological polar surface area (TPSA) is 130 Å². The molecular weight excluding hydrogens is 512 g/mol. The Kier molecular flexibility index (Phi) is 8.94. The number of carbonyl (C=O) groups excluding carboxylic acids is 1. The lowest BCUT2D eigenvalue weighted by atomic mass is 10.1. The van der Waals surface area contributed by atoms with Crippen LogP contribution in [-0.2, 0) is 11.3 Å². The predicted octanol–water partition coefficient (Wildman–Crippen LogP) is 2.32. The molecule has 39 heavy (non-hydrogen) atoms. The van der Waals surface area contributed by atoms with Gasteiger partial charge in [-0.1, -0.05) is 6.07 Å². The largest absolute Gasteiger partial charge is 0.493 e. The molecule has 0 saturated carbocycles. The summed E-state index contributed by atoms with van der Waals surface area (Å²) in [7, 11) is 3.43. The Bertz CT molecular complexity index is 1350. The van der Waals surface area contributed by atoms with Gasteiger partial charge in [0, 0.05) is 24.7 Å². The first-order valence-electron chi connectivity index (χ1n) is 12.3. The molecule has 3 aromatic rings. The molecule has 1 amide bonds. The van der Waals surface area contributed by atoms with Crippen LogP contribution < -0.4 is 25.4 Å². The van der Waals surface area contributed by atoms with Crippen molar-refractivity contribution in [1.82, 2.24) is 14.7 Å². The standard InChI is InChI=1S/C26H31F2N7O4/c1-33(8-9-36)7-4-10-39-23-12-20-18(11-22(23)38-2)26(32-17-13-31-34(14-17)15-24(29)37)35(16-30-20)21-6-3-5-19(27)25(21)28/h3,5-6,11-14,30,36H,4,7-10,15-16H2,1-2H3,(H2,29,37). The number of benzene rings is 2. The lowest BCUT2D eigenvalue weighted by Crippen LogP contribution is -2.41. The maximum absolute atomic E-state index is 14.9. The number of amides is 1. The van der Waals surface area contributed by atoms with Crippen molar-refractivity contribution in [1.29, 1.82) is 0 Å². The van der Waals surface area contributed by atoms with E-state index in [0.29, 0.717) is 47.4 Å². The minimum Gasteiger partial charge on any atom is -0.493 e. The SMILES string of the molecule is COc1cc2c(cc1OCCCN(C)CCO)NCN(c1cccc(F)c1F)C2=Nc1cnn(CC(N)=O)c1. The zero-order chi connectivity index (χ0) is 27.9. The smallest absolute Gasteiger partial charge is 0.239 e. The van der Waals surface area contributed by atoms with Crippen LogP contribution in [0.2, 0.25) is 0 Å². The number of carbonyl (C=O) groups is 1. The second-order valence-electron chi connectivity index (χ2n) is 8.91. The van der Waals surface area contributed by atoms with E-state index >= 15 is 0 Å². The van der Waals surface area contributed by atoms with E-state index in [2.05, 4.69) is 15.4 Å². The zero-order valence-corrected chi connectivity index (χ0v) is 21.7. The van der Waals surface area contributed by atoms with Gasteiger partial charge < -0.3 is 35.4 Å². The second kappa shape index (κ2) is 12.5. The van der Waals surface area contributed by atoms with Crippen molar-refractivity contribution in [2.45, 2.75) is 13.0 Å². The van der Waals surface area contributed by atoms with E-state index in [0.717, 1.165) is 19.0 Å². The number of anilines is 2. The van der Waals surface area contributed by atoms with Crippen LogP contribution in [0, 0.1) is 11.6 Å². The van der Waals surface area contributed by atoms with Crippen LogP contribution in [0.15, 0.2) is 47.7 Å². The number of nitrogens with two attached hydrogens (primary N) is 1. The quantitative estimate of drug-likeness (QED) is 0.297. The van der Waals surface area contributed by atoms with Crippen LogP contribution in [0.4, 0.5) is 25.8 Å². The van der Waals surface area contributed by atoms with Gasteiger partial charge in [-0.15, -0.1) is 0 Å². The fraction of sp³-hybridized carbons (Fsp3) is 0.346. The minimum atomic E-state index is -1.02. The highest BCUT2D eigenvalue weighted by molar-refractivity contribution is 6.16. The van der Waals surface area contributed by atoms with Gasteiger partial charge in [0.05, 0.1) is 50.8 Å². The number of amidine groups is 1. The van der Waals surface area contributed by atoms with Crippen molar-refractivity contribution < 1.29 is 28.2 Å². The van der Waals surface area contributed by atoms with Crippen LogP contribution in [0.5, 0.6) is 11.5 Å². The van der Waals surface area contributed by atoms with Crippen LogP contribution >= 0.6 is 0 Å². The number of nitrogens with zero attached hydrogens (tertiary/aromatic N) is 5. The molecule has 11 nitrogen and oxygen atoms in total. The van der Waals surface area contributed by atoms with Crippen molar-refractivity contribution >= 4 is 28.8 Å². The van der Waals surface area contributed by atoms with E-state index in [1.54, 1.807) is 12.1 Å². The highest BCUT2D eigenvalue weighted by Gasteiger charge is 2.29. The van der Waals surface area contributed by atoms with Crippen LogP contribution in [0.3, 0.4) is 0 Å². The summed E-state index contributed by atoms with van der Waals surface area (Å²) >= 11 is 0. The maximum Gasteiger partial charge on any atom is 0.239 e. The number of aliphatic hydroxyl groups is 1. The maximum atomic E-state index is 14.9. The molecule has 1 aliphatic heterocycles. The first kappa shape index (κ1) is 27.8. The Labute approximate surface area is 224 Å². The molecule has 13 heteroatoms. The fourth-order valence-corrected chi connectivity index (χ4v) is 4.15. The lowest BCUT2D eigenvalue weighted by Gasteiger charge is -2.33. The van der Waals surface area contributed by atoms with Crippen molar-refractivity contribution in [3.8, 4) is 11.5 Å². The van der Waals surface area contributed by atoms with Crippen molar-refractivity contribution in [2.75, 3.05) is 57.3 Å². The minimum absolute atomic E-state index is 0.0114. The third-order valence-electron chi connectivity index (χ3n) is 6.05. The number of primary amides is 1. The third-order valence-corrected chi connectivity index (χ3v) is 6.05. The number of aromatic nitrogens is 2. The monoisotopic (exact) mass is 543 g/mol. The van der Waals surface area contributed by atoms with E-state index in [1.807, 2.05) is 11.9 Å². The van der Waals surface area contributed by atoms with Gasteiger partial charge in [0.25, 0.3) is 0 Å². The summed E-state index contributed by atoms with van der Waals surface area (Å²) < 4.78 is 41.9. The Balaban J connectivity index is 1.70. The van der Waals surface area contributed by atoms with Gasteiger partial charge in [-0.3, -0.25) is 9.48 Å². The molecule has 208 valence electrons. The average Bonchev–Trinajstić information content (AvgIpc) is 3.34. The molecule has 4 rings (SSSR count). The summed E-state index contributed by atoms with van der Waals surface area (Å²) in [5.41, 5.74) is 6.84. The van der Waals surface area contributed by atoms with E-state index in [1.165, 1.54) is 41.2 Å². The Morgan fingerprint density at radius 2 is 2.10 bits per heavy atom. The summed E-state index contributed by atoms with van der Waals surface area (Å²) in [4.78, 5) is 19.5. The number of rotatable bonds is 12. The number of nitrogens with one attached hydrogen (secondary N) is 1. The summed E-state index contributed by atoms with van der Waals surface area (Å²) in [6.45, 7) is 1.80. The first-order valence-corrected chi connectivity index (χ1v) is 12.3. The van der Waals surface area contributed by atoms with Gasteiger partial charge in [-0.25, -0.2) is 13.8 Å². The average molecular weight is 544 g/mol. The van der Waals surface area contributed by atoms with E-state index in [-0.39, 0.29) is 25.5 Å². The van der Waals surface area contributed by atoms with Gasteiger partial charge in [0.1, 0.15) is 18.1 Å².